The molecule has 1 saturated carbocycles. The van der Waals surface area contributed by atoms with E-state index in [1.54, 1.807) is 0 Å². The van der Waals surface area contributed by atoms with Crippen molar-refractivity contribution in [3.05, 3.63) is 81.3 Å². The van der Waals surface area contributed by atoms with Gasteiger partial charge in [0, 0.05) is 40.2 Å². The summed E-state index contributed by atoms with van der Waals surface area (Å²) in [4.78, 5) is 0. The number of rotatable bonds is 6. The fraction of sp³-hybridized carbons (Fsp3) is 0.391. The first kappa shape index (κ1) is 21.8. The van der Waals surface area contributed by atoms with Crippen LogP contribution in [-0.4, -0.2) is 28.9 Å². The second-order valence-electron chi connectivity index (χ2n) is 8.14. The summed E-state index contributed by atoms with van der Waals surface area (Å²) in [6.45, 7) is 5.93. The molecule has 1 aliphatic carbocycles. The summed E-state index contributed by atoms with van der Waals surface area (Å²) in [6.07, 6.45) is 7.15. The lowest BCUT2D eigenvalue weighted by atomic mass is 9.90. The molecule has 2 aromatic carbocycles. The van der Waals surface area contributed by atoms with Crippen LogP contribution in [-0.2, 0) is 13.1 Å². The molecular formula is C23H27Br2ClN2Si. The molecule has 0 radical (unpaired) electrons. The molecule has 2 aromatic rings. The normalized spacial score (nSPS) is 27.7. The highest BCUT2D eigenvalue weighted by Gasteiger charge is 2.58. The zero-order chi connectivity index (χ0) is 20.4. The van der Waals surface area contributed by atoms with Gasteiger partial charge in [0.1, 0.15) is 0 Å². The molecule has 154 valence electrons. The highest BCUT2D eigenvalue weighted by atomic mass is 79.9. The molecule has 2 nitrogen and oxygen atoms in total. The first-order valence-corrected chi connectivity index (χ1v) is 15.0. The molecule has 2 unspecified atom stereocenters. The van der Waals surface area contributed by atoms with Gasteiger partial charge in [-0.25, -0.2) is 0 Å². The van der Waals surface area contributed by atoms with E-state index in [0.29, 0.717) is 12.1 Å². The average Bonchev–Trinajstić information content (AvgIpc) is 2.94. The van der Waals surface area contributed by atoms with Gasteiger partial charge in [-0.1, -0.05) is 75.0 Å². The second-order valence-corrected chi connectivity index (χ2v) is 14.8. The molecular weight excluding hydrogens is 528 g/mol. The standard InChI is InChI=1S/C23H27Br2ClN2Si/c1-2-15-29(26)27(16-18-7-11-20(24)12-8-18)22-5-3-4-6-23(22)28(29)17-19-9-13-21(25)14-10-19/h2,7-14,22-23H,1,3-6,15-17H2. The quantitative estimate of drug-likeness (QED) is 0.212. The van der Waals surface area contributed by atoms with Crippen molar-refractivity contribution in [2.75, 3.05) is 0 Å². The van der Waals surface area contributed by atoms with E-state index in [1.165, 1.54) is 36.8 Å². The summed E-state index contributed by atoms with van der Waals surface area (Å²) in [5.74, 6) is 0. The number of halogens is 3. The Morgan fingerprint density at radius 3 is 1.66 bits per heavy atom. The van der Waals surface area contributed by atoms with E-state index in [4.69, 9.17) is 11.1 Å². The molecule has 1 heterocycles. The Morgan fingerprint density at radius 2 is 1.28 bits per heavy atom. The molecule has 0 N–H and O–H groups in total. The van der Waals surface area contributed by atoms with Gasteiger partial charge in [-0.2, -0.15) is 0 Å². The fourth-order valence-electron chi connectivity index (χ4n) is 4.96. The van der Waals surface area contributed by atoms with E-state index >= 15 is 0 Å². The van der Waals surface area contributed by atoms with E-state index in [2.05, 4.69) is 96.1 Å². The number of hydrogen-bond donors (Lipinski definition) is 0. The third-order valence-electron chi connectivity index (χ3n) is 6.31. The molecule has 2 aliphatic rings. The Hall–Kier alpha value is -0.433. The van der Waals surface area contributed by atoms with E-state index in [1.807, 2.05) is 6.08 Å². The lowest BCUT2D eigenvalue weighted by Crippen LogP contribution is -2.55. The lowest BCUT2D eigenvalue weighted by molar-refractivity contribution is 0.197. The summed E-state index contributed by atoms with van der Waals surface area (Å²) < 4.78 is 7.61. The number of nitrogens with zero attached hydrogens (tertiary/aromatic N) is 2. The summed E-state index contributed by atoms with van der Waals surface area (Å²) in [7, 11) is -2.37. The maximum atomic E-state index is 7.64. The van der Waals surface area contributed by atoms with Crippen molar-refractivity contribution < 1.29 is 0 Å². The number of allylic oxidation sites excluding steroid dienone is 1. The van der Waals surface area contributed by atoms with Crippen molar-refractivity contribution in [2.24, 2.45) is 0 Å². The summed E-state index contributed by atoms with van der Waals surface area (Å²) in [5.41, 5.74) is 2.68. The van der Waals surface area contributed by atoms with Crippen LogP contribution in [0.25, 0.3) is 0 Å². The molecule has 1 saturated heterocycles. The van der Waals surface area contributed by atoms with Crippen LogP contribution in [0.1, 0.15) is 36.8 Å². The van der Waals surface area contributed by atoms with Crippen molar-refractivity contribution in [3.8, 4) is 0 Å². The first-order chi connectivity index (χ1) is 14.0. The Balaban J connectivity index is 1.67. The average molecular weight is 555 g/mol. The molecule has 6 heteroatoms. The maximum Gasteiger partial charge on any atom is 0.312 e. The van der Waals surface area contributed by atoms with Gasteiger partial charge in [-0.3, -0.25) is 9.13 Å². The van der Waals surface area contributed by atoms with Gasteiger partial charge in [0.05, 0.1) is 0 Å². The SMILES string of the molecule is C=CC[Si]1(Cl)N(Cc2ccc(Br)cc2)C2CCCCC2N1Cc1ccc(Br)cc1. The van der Waals surface area contributed by atoms with Crippen molar-refractivity contribution in [2.45, 2.75) is 56.9 Å². The molecule has 1 aliphatic heterocycles. The second kappa shape index (κ2) is 9.37. The number of fused-ring (bicyclic) bond motifs is 1. The smallest absolute Gasteiger partial charge is 0.291 e. The molecule has 0 spiro atoms. The highest BCUT2D eigenvalue weighted by molar-refractivity contribution is 9.10. The Morgan fingerprint density at radius 1 is 0.862 bits per heavy atom. The predicted octanol–water partition coefficient (Wildman–Crippen LogP) is 7.20. The lowest BCUT2D eigenvalue weighted by Gasteiger charge is -2.37. The van der Waals surface area contributed by atoms with E-state index in [0.717, 1.165) is 28.1 Å². The summed E-state index contributed by atoms with van der Waals surface area (Å²) in [5, 5.41) is 0. The van der Waals surface area contributed by atoms with E-state index in [9.17, 15) is 0 Å². The van der Waals surface area contributed by atoms with Gasteiger partial charge in [0.15, 0.2) is 0 Å². The van der Waals surface area contributed by atoms with E-state index in [-0.39, 0.29) is 0 Å². The van der Waals surface area contributed by atoms with Crippen LogP contribution in [0.3, 0.4) is 0 Å². The highest BCUT2D eigenvalue weighted by Crippen LogP contribution is 2.45. The third kappa shape index (κ3) is 4.60. The largest absolute Gasteiger partial charge is 0.312 e. The van der Waals surface area contributed by atoms with Crippen LogP contribution in [0.15, 0.2) is 70.1 Å². The van der Waals surface area contributed by atoms with Crippen molar-refractivity contribution in [1.29, 1.82) is 0 Å². The molecule has 2 fully saturated rings. The third-order valence-corrected chi connectivity index (χ3v) is 12.7. The van der Waals surface area contributed by atoms with Crippen LogP contribution >= 0.6 is 42.9 Å². The topological polar surface area (TPSA) is 6.48 Å². The fourth-order valence-corrected chi connectivity index (χ4v) is 10.6. The summed E-state index contributed by atoms with van der Waals surface area (Å²) in [6, 6.07) is 19.4. The molecule has 4 rings (SSSR count). The van der Waals surface area contributed by atoms with E-state index < -0.39 is 7.71 Å². The molecule has 2 atom stereocenters. The Kier molecular flexibility index (Phi) is 7.04. The first-order valence-electron chi connectivity index (χ1n) is 10.3. The van der Waals surface area contributed by atoms with Gasteiger partial charge in [-0.15, -0.1) is 17.7 Å². The number of hydrogen-bond acceptors (Lipinski definition) is 2. The van der Waals surface area contributed by atoms with Crippen LogP contribution in [0.4, 0.5) is 0 Å². The van der Waals surface area contributed by atoms with Gasteiger partial charge >= 0.3 is 7.71 Å². The minimum absolute atomic E-state index is 0.548. The van der Waals surface area contributed by atoms with Gasteiger partial charge in [0.25, 0.3) is 0 Å². The monoisotopic (exact) mass is 552 g/mol. The molecule has 0 amide bonds. The maximum absolute atomic E-state index is 7.64. The predicted molar refractivity (Wildman–Crippen MR) is 132 cm³/mol. The Labute approximate surface area is 197 Å². The van der Waals surface area contributed by atoms with Crippen LogP contribution in [0.5, 0.6) is 0 Å². The molecule has 29 heavy (non-hydrogen) atoms. The van der Waals surface area contributed by atoms with Gasteiger partial charge in [0.2, 0.25) is 0 Å². The van der Waals surface area contributed by atoms with Crippen molar-refractivity contribution >= 4 is 50.6 Å². The molecule has 0 bridgehead atoms. The van der Waals surface area contributed by atoms with Crippen LogP contribution in [0.2, 0.25) is 6.04 Å². The summed E-state index contributed by atoms with van der Waals surface area (Å²) >= 11 is 14.8. The van der Waals surface area contributed by atoms with Crippen LogP contribution in [0, 0.1) is 0 Å². The van der Waals surface area contributed by atoms with Crippen LogP contribution < -0.4 is 0 Å². The zero-order valence-electron chi connectivity index (χ0n) is 16.5. The molecule has 0 aromatic heterocycles. The zero-order valence-corrected chi connectivity index (χ0v) is 21.5. The number of benzene rings is 2. The Bertz CT molecular complexity index is 779. The van der Waals surface area contributed by atoms with Crippen molar-refractivity contribution in [1.82, 2.24) is 9.13 Å². The van der Waals surface area contributed by atoms with Gasteiger partial charge < -0.3 is 0 Å². The van der Waals surface area contributed by atoms with Gasteiger partial charge in [-0.05, 0) is 48.2 Å². The minimum Gasteiger partial charge on any atom is -0.291 e. The minimum atomic E-state index is -2.37. The van der Waals surface area contributed by atoms with Crippen molar-refractivity contribution in [3.63, 3.8) is 0 Å².